The Morgan fingerprint density at radius 3 is 1.21 bits per heavy atom. The number of methoxy groups -OCH3 is 4. The summed E-state index contributed by atoms with van der Waals surface area (Å²) in [5.74, 6) is 2.40. The maximum atomic E-state index is 12.8. The summed E-state index contributed by atoms with van der Waals surface area (Å²) in [4.78, 5) is 12.9. The predicted octanol–water partition coefficient (Wildman–Crippen LogP) is 1.56. The minimum Gasteiger partial charge on any atom is -0.497 e. The van der Waals surface area contributed by atoms with Crippen molar-refractivity contribution in [1.29, 1.82) is 0 Å². The van der Waals surface area contributed by atoms with Gasteiger partial charge in [-0.3, -0.25) is 0 Å². The van der Waals surface area contributed by atoms with E-state index < -0.39 is 20.0 Å². The molecule has 0 saturated carbocycles. The summed E-state index contributed by atoms with van der Waals surface area (Å²) in [7, 11) is -0.749. The third-order valence-electron chi connectivity index (χ3n) is 8.39. The van der Waals surface area contributed by atoms with Crippen molar-refractivity contribution in [2.75, 3.05) is 104 Å². The molecule has 0 amide bonds. The molecule has 4 heterocycles. The molecule has 6 rings (SSSR count). The number of benzene rings is 2. The number of rotatable bonds is 14. The van der Waals surface area contributed by atoms with Gasteiger partial charge < -0.3 is 37.8 Å². The van der Waals surface area contributed by atoms with Crippen molar-refractivity contribution in [3.8, 4) is 11.5 Å². The maximum Gasteiger partial charge on any atom is 0.324 e. The summed E-state index contributed by atoms with van der Waals surface area (Å²) < 4.78 is 84.6. The van der Waals surface area contributed by atoms with E-state index in [1.165, 1.54) is 8.61 Å². The van der Waals surface area contributed by atoms with Gasteiger partial charge in [-0.25, -0.2) is 16.8 Å². The average molecular weight is 765 g/mol. The minimum absolute atomic E-state index is 0.256. The minimum atomic E-state index is -3.53. The lowest BCUT2D eigenvalue weighted by atomic mass is 10.3. The number of aromatic nitrogens is 4. The fourth-order valence-electron chi connectivity index (χ4n) is 5.37. The first kappa shape index (κ1) is 38.9. The fraction of sp³-hybridized carbons (Fsp3) is 0.500. The van der Waals surface area contributed by atoms with Gasteiger partial charge in [-0.15, -0.1) is 0 Å². The van der Waals surface area contributed by atoms with Crippen LogP contribution in [0.3, 0.4) is 0 Å². The fourth-order valence-corrected chi connectivity index (χ4v) is 8.21. The molecular weight excluding hydrogens is 721 g/mol. The summed E-state index contributed by atoms with van der Waals surface area (Å²) in [5.41, 5.74) is 0. The molecule has 2 aliphatic heterocycles. The highest BCUT2D eigenvalue weighted by Gasteiger charge is 2.31. The molecule has 0 aliphatic carbocycles. The molecule has 20 heteroatoms. The Morgan fingerprint density at radius 1 is 0.558 bits per heavy atom. The lowest BCUT2D eigenvalue weighted by Crippen LogP contribution is -2.48. The van der Waals surface area contributed by atoms with Gasteiger partial charge in [-0.1, -0.05) is 10.3 Å². The lowest BCUT2D eigenvalue weighted by Gasteiger charge is -2.32. The molecule has 52 heavy (non-hydrogen) atoms. The number of sulfonamides is 2. The average Bonchev–Trinajstić information content (AvgIpc) is 3.87. The van der Waals surface area contributed by atoms with Gasteiger partial charge in [-0.05, 0) is 48.5 Å². The molecule has 0 N–H and O–H groups in total. The van der Waals surface area contributed by atoms with Crippen LogP contribution in [-0.4, -0.2) is 140 Å². The van der Waals surface area contributed by atoms with E-state index in [9.17, 15) is 16.8 Å². The van der Waals surface area contributed by atoms with Crippen molar-refractivity contribution < 1.29 is 44.8 Å². The predicted molar refractivity (Wildman–Crippen MR) is 188 cm³/mol. The summed E-state index contributed by atoms with van der Waals surface area (Å²) in [5, 5.41) is 7.82. The molecule has 0 spiro atoms. The van der Waals surface area contributed by atoms with Gasteiger partial charge in [-0.2, -0.15) is 18.6 Å². The van der Waals surface area contributed by atoms with E-state index in [0.29, 0.717) is 114 Å². The van der Waals surface area contributed by atoms with E-state index >= 15 is 0 Å². The third-order valence-corrected chi connectivity index (χ3v) is 12.2. The van der Waals surface area contributed by atoms with E-state index in [-0.39, 0.29) is 9.79 Å². The van der Waals surface area contributed by atoms with Gasteiger partial charge in [0.2, 0.25) is 20.0 Å². The zero-order chi connectivity index (χ0) is 37.1. The highest BCUT2D eigenvalue weighted by Crippen LogP contribution is 2.24. The molecule has 2 aromatic heterocycles. The van der Waals surface area contributed by atoms with Crippen LogP contribution in [0.4, 0.5) is 12.0 Å². The second-order valence-electron chi connectivity index (χ2n) is 11.6. The number of piperazine rings is 2. The van der Waals surface area contributed by atoms with Gasteiger partial charge in [0, 0.05) is 79.4 Å². The Morgan fingerprint density at radius 2 is 0.904 bits per heavy atom. The van der Waals surface area contributed by atoms with Crippen molar-refractivity contribution in [3.63, 3.8) is 0 Å². The van der Waals surface area contributed by atoms with E-state index in [1.807, 2.05) is 9.80 Å². The van der Waals surface area contributed by atoms with Gasteiger partial charge in [0.1, 0.15) is 11.5 Å². The SMILES string of the molecule is COCCc1noc(N2CCN(S(=O)(=O)c3ccc(OC)cc3)CC2)n1.COCCc1noc(N2CCN(S(=O)(=O)c3ccc(OC)cc3)CC2)n1. The summed E-state index contributed by atoms with van der Waals surface area (Å²) >= 11 is 0. The van der Waals surface area contributed by atoms with Crippen LogP contribution in [0.15, 0.2) is 67.4 Å². The van der Waals surface area contributed by atoms with Crippen LogP contribution in [0, 0.1) is 0 Å². The van der Waals surface area contributed by atoms with Crippen LogP contribution in [0.25, 0.3) is 0 Å². The van der Waals surface area contributed by atoms with E-state index in [0.717, 1.165) is 0 Å². The third kappa shape index (κ3) is 9.55. The Kier molecular flexibility index (Phi) is 13.4. The van der Waals surface area contributed by atoms with Crippen molar-refractivity contribution in [1.82, 2.24) is 28.9 Å². The number of hydrogen-bond donors (Lipinski definition) is 0. The molecule has 0 atom stereocenters. The maximum absolute atomic E-state index is 12.8. The van der Waals surface area contributed by atoms with Gasteiger partial charge in [0.05, 0.1) is 37.2 Å². The molecule has 2 aromatic carbocycles. The van der Waals surface area contributed by atoms with Crippen LogP contribution in [0.5, 0.6) is 11.5 Å². The topological polar surface area (TPSA) is 196 Å². The Bertz CT molecular complexity index is 1770. The number of ether oxygens (including phenoxy) is 4. The van der Waals surface area contributed by atoms with Crippen molar-refractivity contribution >= 4 is 32.1 Å². The van der Waals surface area contributed by atoms with Gasteiger partial charge >= 0.3 is 12.0 Å². The lowest BCUT2D eigenvalue weighted by molar-refractivity contribution is 0.199. The summed E-state index contributed by atoms with van der Waals surface area (Å²) in [6.07, 6.45) is 1.15. The largest absolute Gasteiger partial charge is 0.497 e. The van der Waals surface area contributed by atoms with Crippen LogP contribution < -0.4 is 19.3 Å². The number of nitrogens with zero attached hydrogens (tertiary/aromatic N) is 8. The highest BCUT2D eigenvalue weighted by atomic mass is 32.2. The molecule has 4 aromatic rings. The summed E-state index contributed by atoms with van der Waals surface area (Å²) in [6.45, 7) is 4.40. The van der Waals surface area contributed by atoms with Crippen molar-refractivity contribution in [3.05, 3.63) is 60.2 Å². The normalized spacial score (nSPS) is 16.0. The Labute approximate surface area is 303 Å². The van der Waals surface area contributed by atoms with Crippen molar-refractivity contribution in [2.45, 2.75) is 22.6 Å². The zero-order valence-electron chi connectivity index (χ0n) is 29.6. The standard InChI is InChI=1S/2C16H22N4O5S/c2*1-23-12-7-15-17-16(25-18-15)19-8-10-20(11-9-19)26(21,22)14-5-3-13(24-2)4-6-14/h2*3-6H,7-12H2,1-2H3. The van der Waals surface area contributed by atoms with E-state index in [2.05, 4.69) is 20.3 Å². The first-order valence-corrected chi connectivity index (χ1v) is 19.4. The Balaban J connectivity index is 0.000000201. The van der Waals surface area contributed by atoms with Crippen molar-refractivity contribution in [2.24, 2.45) is 0 Å². The van der Waals surface area contributed by atoms with Crippen LogP contribution in [0.1, 0.15) is 11.6 Å². The van der Waals surface area contributed by atoms with E-state index in [1.54, 1.807) is 77.0 Å². The monoisotopic (exact) mass is 764 g/mol. The Hall–Kier alpha value is -4.34. The molecule has 2 aliphatic rings. The molecule has 0 radical (unpaired) electrons. The second-order valence-corrected chi connectivity index (χ2v) is 15.5. The molecule has 0 bridgehead atoms. The van der Waals surface area contributed by atoms with E-state index in [4.69, 9.17) is 28.0 Å². The van der Waals surface area contributed by atoms with Crippen LogP contribution >= 0.6 is 0 Å². The second kappa shape index (κ2) is 17.9. The number of anilines is 2. The molecular formula is C32H44N8O10S2. The molecule has 0 unspecified atom stereocenters. The number of hydrogen-bond acceptors (Lipinski definition) is 16. The van der Waals surface area contributed by atoms with Crippen LogP contribution in [0.2, 0.25) is 0 Å². The van der Waals surface area contributed by atoms with Gasteiger partial charge in [0.15, 0.2) is 11.6 Å². The summed E-state index contributed by atoms with van der Waals surface area (Å²) in [6, 6.07) is 13.6. The van der Waals surface area contributed by atoms with Crippen LogP contribution in [-0.2, 0) is 42.4 Å². The molecule has 18 nitrogen and oxygen atoms in total. The smallest absolute Gasteiger partial charge is 0.324 e. The first-order chi connectivity index (χ1) is 25.1. The quantitative estimate of drug-likeness (QED) is 0.179. The zero-order valence-corrected chi connectivity index (χ0v) is 31.2. The molecule has 2 saturated heterocycles. The first-order valence-electron chi connectivity index (χ1n) is 16.5. The highest BCUT2D eigenvalue weighted by molar-refractivity contribution is 7.89. The molecule has 284 valence electrons. The molecule has 2 fully saturated rings. The van der Waals surface area contributed by atoms with Gasteiger partial charge in [0.25, 0.3) is 0 Å².